The third kappa shape index (κ3) is 4.08. The van der Waals surface area contributed by atoms with Gasteiger partial charge in [0.2, 0.25) is 0 Å². The minimum Gasteiger partial charge on any atom is -0.355 e. The summed E-state index contributed by atoms with van der Waals surface area (Å²) in [5.41, 5.74) is 3.66. The Balaban J connectivity index is 1.40. The van der Waals surface area contributed by atoms with Crippen LogP contribution in [0.4, 0.5) is 5.82 Å². The quantitative estimate of drug-likeness (QED) is 0.742. The van der Waals surface area contributed by atoms with Gasteiger partial charge in [-0.1, -0.05) is 30.7 Å². The first-order valence-electron chi connectivity index (χ1n) is 11.6. The molecule has 5 nitrogen and oxygen atoms in total. The monoisotopic (exact) mass is 425 g/mol. The molecule has 0 N–H and O–H groups in total. The van der Waals surface area contributed by atoms with Crippen molar-refractivity contribution in [2.75, 3.05) is 50.7 Å². The molecule has 2 saturated heterocycles. The highest BCUT2D eigenvalue weighted by Crippen LogP contribution is 2.33. The highest BCUT2D eigenvalue weighted by atomic mass is 35.5. The van der Waals surface area contributed by atoms with Crippen LogP contribution in [-0.4, -0.2) is 71.6 Å². The summed E-state index contributed by atoms with van der Waals surface area (Å²) in [6.07, 6.45) is 5.88. The van der Waals surface area contributed by atoms with Crippen molar-refractivity contribution in [1.82, 2.24) is 19.8 Å². The maximum atomic E-state index is 6.26. The number of hydrogen-bond donors (Lipinski definition) is 0. The minimum absolute atomic E-state index is 0.646. The van der Waals surface area contributed by atoms with Crippen molar-refractivity contribution in [3.63, 3.8) is 0 Å². The molecule has 0 amide bonds. The fourth-order valence-electron chi connectivity index (χ4n) is 5.27. The predicted molar refractivity (Wildman–Crippen MR) is 123 cm³/mol. The van der Waals surface area contributed by atoms with Crippen LogP contribution in [0.3, 0.4) is 0 Å². The third-order valence-electron chi connectivity index (χ3n) is 7.08. The van der Waals surface area contributed by atoms with Crippen LogP contribution in [0, 0.1) is 0 Å². The Kier molecular flexibility index (Phi) is 5.94. The zero-order valence-electron chi connectivity index (χ0n) is 18.0. The maximum Gasteiger partial charge on any atom is 0.161 e. The second kappa shape index (κ2) is 8.81. The highest BCUT2D eigenvalue weighted by Gasteiger charge is 2.32. The molecule has 0 radical (unpaired) electrons. The minimum atomic E-state index is 0.646. The van der Waals surface area contributed by atoms with Crippen molar-refractivity contribution < 1.29 is 0 Å². The summed E-state index contributed by atoms with van der Waals surface area (Å²) in [4.78, 5) is 17.9. The SMILES string of the molecule is CCN1CCN(C2CCN(c3nc(-c4cccc(Cl)c4)nc4c3CCCC4)C2)CC1. The molecule has 0 spiro atoms. The Morgan fingerprint density at radius 2 is 1.87 bits per heavy atom. The summed E-state index contributed by atoms with van der Waals surface area (Å²) in [5, 5.41) is 0.739. The fraction of sp³-hybridized carbons (Fsp3) is 0.583. The van der Waals surface area contributed by atoms with Gasteiger partial charge in [-0.2, -0.15) is 0 Å². The largest absolute Gasteiger partial charge is 0.355 e. The van der Waals surface area contributed by atoms with Gasteiger partial charge in [0.05, 0.1) is 0 Å². The lowest BCUT2D eigenvalue weighted by molar-refractivity contribution is 0.107. The van der Waals surface area contributed by atoms with E-state index in [-0.39, 0.29) is 0 Å². The first-order valence-corrected chi connectivity index (χ1v) is 12.0. The molecule has 1 aromatic heterocycles. The Hall–Kier alpha value is -1.69. The molecular weight excluding hydrogens is 394 g/mol. The number of piperazine rings is 1. The van der Waals surface area contributed by atoms with E-state index in [9.17, 15) is 0 Å². The Labute approximate surface area is 185 Å². The first-order chi connectivity index (χ1) is 14.7. The van der Waals surface area contributed by atoms with Crippen molar-refractivity contribution in [3.05, 3.63) is 40.5 Å². The molecule has 3 aliphatic rings. The number of halogens is 1. The normalized spacial score (nSPS) is 23.0. The number of hydrogen-bond acceptors (Lipinski definition) is 5. The van der Waals surface area contributed by atoms with E-state index in [0.717, 1.165) is 42.3 Å². The standard InChI is InChI=1S/C24H32ClN5/c1-2-28-12-14-29(15-13-28)20-10-11-30(17-20)24-21-8-3-4-9-22(21)26-23(27-24)18-6-5-7-19(25)16-18/h5-7,16,20H,2-4,8-15,17H2,1H3. The van der Waals surface area contributed by atoms with Gasteiger partial charge in [0.25, 0.3) is 0 Å². The van der Waals surface area contributed by atoms with E-state index in [2.05, 4.69) is 27.7 Å². The van der Waals surface area contributed by atoms with Gasteiger partial charge in [-0.05, 0) is 50.8 Å². The molecule has 160 valence electrons. The molecular formula is C24H32ClN5. The van der Waals surface area contributed by atoms with Crippen LogP contribution in [-0.2, 0) is 12.8 Å². The Morgan fingerprint density at radius 1 is 1.03 bits per heavy atom. The Bertz CT molecular complexity index is 893. The van der Waals surface area contributed by atoms with E-state index in [4.69, 9.17) is 21.6 Å². The zero-order chi connectivity index (χ0) is 20.5. The van der Waals surface area contributed by atoms with Crippen molar-refractivity contribution in [3.8, 4) is 11.4 Å². The summed E-state index contributed by atoms with van der Waals surface area (Å²) < 4.78 is 0. The van der Waals surface area contributed by atoms with Crippen LogP contribution < -0.4 is 4.90 Å². The molecule has 1 unspecified atom stereocenters. The van der Waals surface area contributed by atoms with Crippen molar-refractivity contribution in [1.29, 1.82) is 0 Å². The summed E-state index contributed by atoms with van der Waals surface area (Å²) in [7, 11) is 0. The van der Waals surface area contributed by atoms with Gasteiger partial charge >= 0.3 is 0 Å². The molecule has 1 aliphatic carbocycles. The molecule has 5 rings (SSSR count). The van der Waals surface area contributed by atoms with E-state index in [0.29, 0.717) is 6.04 Å². The summed E-state index contributed by atoms with van der Waals surface area (Å²) >= 11 is 6.26. The number of benzene rings is 1. The molecule has 6 heteroatoms. The summed E-state index contributed by atoms with van der Waals surface area (Å²) in [5.74, 6) is 2.01. The highest BCUT2D eigenvalue weighted by molar-refractivity contribution is 6.30. The van der Waals surface area contributed by atoms with Gasteiger partial charge in [0.1, 0.15) is 5.82 Å². The average Bonchev–Trinajstić information content (AvgIpc) is 3.28. The molecule has 0 saturated carbocycles. The lowest BCUT2D eigenvalue weighted by Crippen LogP contribution is -2.50. The van der Waals surface area contributed by atoms with Crippen LogP contribution >= 0.6 is 11.6 Å². The number of fused-ring (bicyclic) bond motifs is 1. The molecule has 1 atom stereocenters. The van der Waals surface area contributed by atoms with Crippen LogP contribution in [0.2, 0.25) is 5.02 Å². The smallest absolute Gasteiger partial charge is 0.161 e. The predicted octanol–water partition coefficient (Wildman–Crippen LogP) is 3.89. The van der Waals surface area contributed by atoms with Gasteiger partial charge in [-0.15, -0.1) is 0 Å². The molecule has 30 heavy (non-hydrogen) atoms. The van der Waals surface area contributed by atoms with E-state index < -0.39 is 0 Å². The Morgan fingerprint density at radius 3 is 2.67 bits per heavy atom. The number of anilines is 1. The number of aromatic nitrogens is 2. The van der Waals surface area contributed by atoms with E-state index in [1.54, 1.807) is 0 Å². The zero-order valence-corrected chi connectivity index (χ0v) is 18.7. The van der Waals surface area contributed by atoms with E-state index >= 15 is 0 Å². The van der Waals surface area contributed by atoms with Crippen molar-refractivity contribution in [2.24, 2.45) is 0 Å². The number of nitrogens with zero attached hydrogens (tertiary/aromatic N) is 5. The van der Waals surface area contributed by atoms with Gasteiger partial charge in [-0.3, -0.25) is 4.90 Å². The topological polar surface area (TPSA) is 35.5 Å². The van der Waals surface area contributed by atoms with Crippen LogP contribution in [0.15, 0.2) is 24.3 Å². The number of aryl methyl sites for hydroxylation is 1. The first kappa shape index (κ1) is 20.2. The molecule has 2 aromatic rings. The second-order valence-corrected chi connectivity index (χ2v) is 9.31. The van der Waals surface area contributed by atoms with Crippen LogP contribution in [0.25, 0.3) is 11.4 Å². The third-order valence-corrected chi connectivity index (χ3v) is 7.31. The van der Waals surface area contributed by atoms with Crippen molar-refractivity contribution >= 4 is 17.4 Å². The van der Waals surface area contributed by atoms with Gasteiger partial charge in [0, 0.05) is 67.2 Å². The van der Waals surface area contributed by atoms with Crippen LogP contribution in [0.5, 0.6) is 0 Å². The van der Waals surface area contributed by atoms with Crippen LogP contribution in [0.1, 0.15) is 37.4 Å². The molecule has 3 heterocycles. The summed E-state index contributed by atoms with van der Waals surface area (Å²) in [6, 6.07) is 8.60. The number of likely N-dealkylation sites (N-methyl/N-ethyl adjacent to an activating group) is 1. The molecule has 0 bridgehead atoms. The molecule has 1 aromatic carbocycles. The lowest BCUT2D eigenvalue weighted by atomic mass is 9.95. The number of rotatable bonds is 4. The van der Waals surface area contributed by atoms with Gasteiger partial charge in [-0.25, -0.2) is 9.97 Å². The molecule has 2 fully saturated rings. The maximum absolute atomic E-state index is 6.26. The van der Waals surface area contributed by atoms with E-state index in [1.807, 2.05) is 18.2 Å². The van der Waals surface area contributed by atoms with Gasteiger partial charge in [0.15, 0.2) is 5.82 Å². The van der Waals surface area contributed by atoms with Crippen molar-refractivity contribution in [2.45, 2.75) is 45.1 Å². The van der Waals surface area contributed by atoms with Gasteiger partial charge < -0.3 is 9.80 Å². The average molecular weight is 426 g/mol. The second-order valence-electron chi connectivity index (χ2n) is 8.87. The molecule has 2 aliphatic heterocycles. The van der Waals surface area contributed by atoms with E-state index in [1.165, 1.54) is 69.1 Å². The fourth-order valence-corrected chi connectivity index (χ4v) is 5.46. The summed E-state index contributed by atoms with van der Waals surface area (Å²) in [6.45, 7) is 10.4. The lowest BCUT2D eigenvalue weighted by Gasteiger charge is -2.37.